The van der Waals surface area contributed by atoms with Gasteiger partial charge in [-0.15, -0.1) is 0 Å². The number of hydrogen-bond donors (Lipinski definition) is 0. The molecule has 0 spiro atoms. The van der Waals surface area contributed by atoms with Crippen LogP contribution in [0.5, 0.6) is 0 Å². The number of benzene rings is 3. The molecule has 0 fully saturated rings. The minimum atomic E-state index is -0.0448. The second kappa shape index (κ2) is 6.04. The fourth-order valence-electron chi connectivity index (χ4n) is 3.55. The molecule has 26 heavy (non-hydrogen) atoms. The summed E-state index contributed by atoms with van der Waals surface area (Å²) in [5.41, 5.74) is 3.34. The molecule has 0 N–H and O–H groups in total. The molecule has 1 aliphatic carbocycles. The molecule has 1 heterocycles. The lowest BCUT2D eigenvalue weighted by atomic mass is 9.85. The van der Waals surface area contributed by atoms with Gasteiger partial charge in [-0.25, -0.2) is 9.97 Å². The van der Waals surface area contributed by atoms with E-state index in [2.05, 4.69) is 58.5 Å². The minimum absolute atomic E-state index is 0.0448. The van der Waals surface area contributed by atoms with Crippen LogP contribution in [0.3, 0.4) is 0 Å². The molecular weight excluding hydrogens is 342 g/mol. The average molecular weight is 356 g/mol. The van der Waals surface area contributed by atoms with Gasteiger partial charge in [-0.1, -0.05) is 78.9 Å². The van der Waals surface area contributed by atoms with Gasteiger partial charge in [0, 0.05) is 5.56 Å². The largest absolute Gasteiger partial charge is 0.226 e. The highest BCUT2D eigenvalue weighted by Crippen LogP contribution is 2.37. The van der Waals surface area contributed by atoms with E-state index in [1.807, 2.05) is 30.3 Å². The van der Waals surface area contributed by atoms with Crippen molar-refractivity contribution in [2.45, 2.75) is 5.92 Å². The lowest BCUT2D eigenvalue weighted by molar-refractivity contribution is 0.862. The maximum atomic E-state index is 6.24. The first kappa shape index (κ1) is 15.2. The molecule has 1 atom stereocenters. The van der Waals surface area contributed by atoms with Crippen LogP contribution >= 0.6 is 11.6 Å². The summed E-state index contributed by atoms with van der Waals surface area (Å²) in [4.78, 5) is 13.5. The molecule has 4 heteroatoms. The smallest absolute Gasteiger partial charge is 0.212 e. The van der Waals surface area contributed by atoms with E-state index >= 15 is 0 Å². The van der Waals surface area contributed by atoms with Crippen LogP contribution in [0.15, 0.2) is 72.8 Å². The van der Waals surface area contributed by atoms with Crippen molar-refractivity contribution < 1.29 is 0 Å². The van der Waals surface area contributed by atoms with Gasteiger partial charge in [0.15, 0.2) is 5.82 Å². The monoisotopic (exact) mass is 355 g/mol. The Balaban J connectivity index is 1.69. The lowest BCUT2D eigenvalue weighted by Crippen LogP contribution is -2.09. The van der Waals surface area contributed by atoms with E-state index in [1.54, 1.807) is 0 Å². The number of hydrogen-bond acceptors (Lipinski definition) is 3. The summed E-state index contributed by atoms with van der Waals surface area (Å²) in [5, 5.41) is 2.69. The van der Waals surface area contributed by atoms with E-state index in [0.29, 0.717) is 11.6 Å². The van der Waals surface area contributed by atoms with Gasteiger partial charge in [-0.3, -0.25) is 0 Å². The number of allylic oxidation sites excluding steroid dienone is 1. The van der Waals surface area contributed by atoms with Gasteiger partial charge in [0.2, 0.25) is 5.28 Å². The highest BCUT2D eigenvalue weighted by molar-refractivity contribution is 6.28. The van der Waals surface area contributed by atoms with E-state index in [4.69, 9.17) is 16.6 Å². The van der Waals surface area contributed by atoms with Crippen LogP contribution in [-0.4, -0.2) is 15.0 Å². The zero-order chi connectivity index (χ0) is 17.5. The fraction of sp³-hybridized carbons (Fsp3) is 0.0455. The summed E-state index contributed by atoms with van der Waals surface area (Å²) in [5.74, 6) is 1.22. The third-order valence-corrected chi connectivity index (χ3v) is 4.88. The number of nitrogens with zero attached hydrogens (tertiary/aromatic N) is 3. The zero-order valence-electron chi connectivity index (χ0n) is 13.8. The molecule has 0 amide bonds. The van der Waals surface area contributed by atoms with Crippen LogP contribution in [0.2, 0.25) is 5.28 Å². The van der Waals surface area contributed by atoms with Gasteiger partial charge in [-0.05, 0) is 33.5 Å². The molecule has 0 bridgehead atoms. The molecule has 124 valence electrons. The Morgan fingerprint density at radius 3 is 2.42 bits per heavy atom. The average Bonchev–Trinajstić information content (AvgIpc) is 2.69. The van der Waals surface area contributed by atoms with E-state index < -0.39 is 0 Å². The SMILES string of the molecule is Clc1nc(-c2ccccc2)nc(C2C=Cc3cccc4cccc2c34)n1. The number of rotatable bonds is 2. The summed E-state index contributed by atoms with van der Waals surface area (Å²) in [6.07, 6.45) is 4.28. The highest BCUT2D eigenvalue weighted by Gasteiger charge is 2.22. The third-order valence-electron chi connectivity index (χ3n) is 4.71. The van der Waals surface area contributed by atoms with Gasteiger partial charge in [-0.2, -0.15) is 4.98 Å². The molecule has 1 aliphatic rings. The second-order valence-corrected chi connectivity index (χ2v) is 6.62. The molecule has 1 unspecified atom stereocenters. The van der Waals surface area contributed by atoms with Crippen LogP contribution in [-0.2, 0) is 0 Å². The van der Waals surface area contributed by atoms with Crippen molar-refractivity contribution in [3.8, 4) is 11.4 Å². The van der Waals surface area contributed by atoms with Crippen LogP contribution in [0, 0.1) is 0 Å². The van der Waals surface area contributed by atoms with Gasteiger partial charge >= 0.3 is 0 Å². The molecule has 0 saturated carbocycles. The van der Waals surface area contributed by atoms with Crippen LogP contribution < -0.4 is 0 Å². The summed E-state index contributed by atoms with van der Waals surface area (Å²) in [6, 6.07) is 22.5. The number of halogens is 1. The van der Waals surface area contributed by atoms with Crippen molar-refractivity contribution in [3.63, 3.8) is 0 Å². The Bertz CT molecular complexity index is 1150. The molecule has 0 aliphatic heterocycles. The van der Waals surface area contributed by atoms with Crippen molar-refractivity contribution >= 4 is 28.4 Å². The van der Waals surface area contributed by atoms with Crippen molar-refractivity contribution in [3.05, 3.63) is 95.0 Å². The predicted molar refractivity (Wildman–Crippen MR) is 105 cm³/mol. The molecule has 0 saturated heterocycles. The number of aromatic nitrogens is 3. The third kappa shape index (κ3) is 2.49. The van der Waals surface area contributed by atoms with Crippen LogP contribution in [0.4, 0.5) is 0 Å². The van der Waals surface area contributed by atoms with Crippen molar-refractivity contribution in [1.82, 2.24) is 15.0 Å². The maximum Gasteiger partial charge on any atom is 0.226 e. The normalized spacial score (nSPS) is 15.3. The second-order valence-electron chi connectivity index (χ2n) is 6.28. The zero-order valence-corrected chi connectivity index (χ0v) is 14.6. The summed E-state index contributed by atoms with van der Waals surface area (Å²) in [6.45, 7) is 0. The van der Waals surface area contributed by atoms with Gasteiger partial charge in [0.05, 0.1) is 5.92 Å². The Labute approximate surface area is 156 Å². The van der Waals surface area contributed by atoms with E-state index in [9.17, 15) is 0 Å². The van der Waals surface area contributed by atoms with Gasteiger partial charge in [0.25, 0.3) is 0 Å². The van der Waals surface area contributed by atoms with E-state index in [1.165, 1.54) is 21.9 Å². The van der Waals surface area contributed by atoms with Gasteiger partial charge < -0.3 is 0 Å². The Morgan fingerprint density at radius 1 is 0.769 bits per heavy atom. The summed E-state index contributed by atoms with van der Waals surface area (Å²) >= 11 is 6.24. The molecule has 4 aromatic rings. The molecule has 0 radical (unpaired) electrons. The first-order chi connectivity index (χ1) is 12.8. The maximum absolute atomic E-state index is 6.24. The Morgan fingerprint density at radius 2 is 1.58 bits per heavy atom. The Kier molecular flexibility index (Phi) is 3.54. The topological polar surface area (TPSA) is 38.7 Å². The molecule has 1 aromatic heterocycles. The van der Waals surface area contributed by atoms with Crippen LogP contribution in [0.1, 0.15) is 22.9 Å². The first-order valence-electron chi connectivity index (χ1n) is 8.46. The molecule has 3 aromatic carbocycles. The predicted octanol–water partition coefficient (Wildman–Crippen LogP) is 5.50. The van der Waals surface area contributed by atoms with Gasteiger partial charge in [0.1, 0.15) is 5.82 Å². The Hall–Kier alpha value is -3.04. The van der Waals surface area contributed by atoms with Crippen molar-refractivity contribution in [2.75, 3.05) is 0 Å². The first-order valence-corrected chi connectivity index (χ1v) is 8.84. The molecule has 3 nitrogen and oxygen atoms in total. The highest BCUT2D eigenvalue weighted by atomic mass is 35.5. The van der Waals surface area contributed by atoms with Crippen LogP contribution in [0.25, 0.3) is 28.2 Å². The summed E-state index contributed by atoms with van der Waals surface area (Å²) in [7, 11) is 0. The van der Waals surface area contributed by atoms with Crippen molar-refractivity contribution in [1.29, 1.82) is 0 Å². The summed E-state index contributed by atoms with van der Waals surface area (Å²) < 4.78 is 0. The quantitative estimate of drug-likeness (QED) is 0.476. The van der Waals surface area contributed by atoms with Crippen molar-refractivity contribution in [2.24, 2.45) is 0 Å². The standard InChI is InChI=1S/C22H14ClN3/c23-22-25-20(16-6-2-1-3-7-16)24-21(26-22)18-13-12-15-9-4-8-14-10-5-11-17(18)19(14)15/h1-13,18H. The van der Waals surface area contributed by atoms with E-state index in [0.717, 1.165) is 5.56 Å². The minimum Gasteiger partial charge on any atom is -0.212 e. The van der Waals surface area contributed by atoms with E-state index in [-0.39, 0.29) is 11.2 Å². The molecular formula is C22H14ClN3. The molecule has 5 rings (SSSR count). The lowest BCUT2D eigenvalue weighted by Gasteiger charge is -2.20. The fourth-order valence-corrected chi connectivity index (χ4v) is 3.71.